The summed E-state index contributed by atoms with van der Waals surface area (Å²) in [6, 6.07) is 9.74. The number of aromatic nitrogens is 3. The molecule has 1 amide bonds. The average Bonchev–Trinajstić information content (AvgIpc) is 3.41. The smallest absolute Gasteiger partial charge is 0.265 e. The first-order valence-electron chi connectivity index (χ1n) is 8.45. The first-order valence-corrected chi connectivity index (χ1v) is 9.26. The number of β-amino-alcohol motifs (C(OH)–C–C–N with tert-alkyl or cyclic N) is 1. The van der Waals surface area contributed by atoms with Crippen molar-refractivity contribution < 1.29 is 14.4 Å². The van der Waals surface area contributed by atoms with Crippen LogP contribution in [-0.2, 0) is 12.0 Å². The van der Waals surface area contributed by atoms with Gasteiger partial charge in [0.25, 0.3) is 11.8 Å². The number of nitrogens with zero attached hydrogens (tertiary/aromatic N) is 4. The Balaban J connectivity index is 1.50. The highest BCUT2D eigenvalue weighted by Gasteiger charge is 2.44. The highest BCUT2D eigenvalue weighted by atomic mass is 32.1. The monoisotopic (exact) mass is 370 g/mol. The van der Waals surface area contributed by atoms with Gasteiger partial charge in [-0.2, -0.15) is 4.98 Å². The molecule has 0 bridgehead atoms. The molecule has 0 aliphatic carbocycles. The summed E-state index contributed by atoms with van der Waals surface area (Å²) in [6.07, 6.45) is 2.59. The lowest BCUT2D eigenvalue weighted by molar-refractivity contribution is 0.0137. The number of benzene rings is 1. The molecule has 0 saturated carbocycles. The predicted molar refractivity (Wildman–Crippen MR) is 95.6 cm³/mol. The molecule has 2 aromatic heterocycles. The Morgan fingerprint density at radius 1 is 1.38 bits per heavy atom. The van der Waals surface area contributed by atoms with Crippen LogP contribution in [-0.4, -0.2) is 44.1 Å². The summed E-state index contributed by atoms with van der Waals surface area (Å²) in [6.45, 7) is 2.48. The second-order valence-electron chi connectivity index (χ2n) is 6.27. The Morgan fingerprint density at radius 2 is 2.19 bits per heavy atom. The summed E-state index contributed by atoms with van der Waals surface area (Å²) in [5, 5.41) is 15.4. The van der Waals surface area contributed by atoms with Crippen molar-refractivity contribution >= 4 is 17.2 Å². The molecule has 1 N–H and O–H groups in total. The number of carbonyl (C=O) groups excluding carboxylic acids is 1. The topological polar surface area (TPSA) is 92.4 Å². The second kappa shape index (κ2) is 6.62. The van der Waals surface area contributed by atoms with Crippen molar-refractivity contribution in [3.8, 4) is 10.6 Å². The molecule has 1 aromatic carbocycles. The van der Waals surface area contributed by atoms with Crippen LogP contribution in [0.4, 0.5) is 0 Å². The molecule has 3 aromatic rings. The fourth-order valence-corrected chi connectivity index (χ4v) is 3.86. The largest absolute Gasteiger partial charge is 0.378 e. The van der Waals surface area contributed by atoms with Crippen molar-refractivity contribution in [3.63, 3.8) is 0 Å². The molecule has 4 rings (SSSR count). The van der Waals surface area contributed by atoms with Crippen LogP contribution in [0.3, 0.4) is 0 Å². The van der Waals surface area contributed by atoms with Crippen LogP contribution in [0.15, 0.2) is 41.1 Å². The maximum Gasteiger partial charge on any atom is 0.265 e. The minimum atomic E-state index is -1.29. The quantitative estimate of drug-likeness (QED) is 0.758. The third kappa shape index (κ3) is 3.02. The number of thiazole rings is 1. The minimum Gasteiger partial charge on any atom is -0.378 e. The SMILES string of the molecule is CCc1noc([C@@]2(O)CCN(C(=O)c3cnc(-c4ccccc4)s3)C2)n1. The molecule has 134 valence electrons. The molecule has 0 spiro atoms. The molecule has 1 aliphatic rings. The van der Waals surface area contributed by atoms with E-state index in [1.807, 2.05) is 37.3 Å². The maximum atomic E-state index is 12.8. The average molecular weight is 370 g/mol. The highest BCUT2D eigenvalue weighted by molar-refractivity contribution is 7.16. The van der Waals surface area contributed by atoms with E-state index in [9.17, 15) is 9.90 Å². The third-order valence-corrected chi connectivity index (χ3v) is 5.49. The van der Waals surface area contributed by atoms with E-state index in [-0.39, 0.29) is 18.3 Å². The normalized spacial score (nSPS) is 19.8. The van der Waals surface area contributed by atoms with Gasteiger partial charge in [-0.1, -0.05) is 42.4 Å². The van der Waals surface area contributed by atoms with E-state index in [2.05, 4.69) is 15.1 Å². The minimum absolute atomic E-state index is 0.135. The fourth-order valence-electron chi connectivity index (χ4n) is 2.97. The number of amides is 1. The van der Waals surface area contributed by atoms with E-state index in [1.54, 1.807) is 11.1 Å². The number of likely N-dealkylation sites (tertiary alicyclic amines) is 1. The zero-order valence-electron chi connectivity index (χ0n) is 14.3. The molecule has 1 atom stereocenters. The summed E-state index contributed by atoms with van der Waals surface area (Å²) in [5.41, 5.74) is -0.310. The van der Waals surface area contributed by atoms with Crippen molar-refractivity contribution in [1.29, 1.82) is 0 Å². The van der Waals surface area contributed by atoms with Gasteiger partial charge < -0.3 is 14.5 Å². The third-order valence-electron chi connectivity index (χ3n) is 4.45. The number of rotatable bonds is 4. The van der Waals surface area contributed by atoms with Crippen LogP contribution in [0, 0.1) is 0 Å². The molecule has 1 aliphatic heterocycles. The molecular formula is C18H18N4O3S. The molecule has 8 heteroatoms. The molecule has 0 unspecified atom stereocenters. The number of carbonyl (C=O) groups is 1. The Hall–Kier alpha value is -2.58. The molecule has 1 fully saturated rings. The predicted octanol–water partition coefficient (Wildman–Crippen LogP) is 2.49. The summed E-state index contributed by atoms with van der Waals surface area (Å²) in [4.78, 5) is 23.5. The molecule has 7 nitrogen and oxygen atoms in total. The van der Waals surface area contributed by atoms with Gasteiger partial charge in [-0.25, -0.2) is 4.98 Å². The van der Waals surface area contributed by atoms with E-state index in [0.717, 1.165) is 10.6 Å². The second-order valence-corrected chi connectivity index (χ2v) is 7.30. The van der Waals surface area contributed by atoms with Gasteiger partial charge in [0.15, 0.2) is 11.4 Å². The summed E-state index contributed by atoms with van der Waals surface area (Å²) in [7, 11) is 0. The van der Waals surface area contributed by atoms with Gasteiger partial charge in [0.2, 0.25) is 0 Å². The Bertz CT molecular complexity index is 923. The van der Waals surface area contributed by atoms with Crippen molar-refractivity contribution in [2.75, 3.05) is 13.1 Å². The van der Waals surface area contributed by atoms with Gasteiger partial charge >= 0.3 is 0 Å². The van der Waals surface area contributed by atoms with Crippen molar-refractivity contribution in [1.82, 2.24) is 20.0 Å². The van der Waals surface area contributed by atoms with Gasteiger partial charge in [-0.3, -0.25) is 4.79 Å². The van der Waals surface area contributed by atoms with Gasteiger partial charge in [0.05, 0.1) is 12.7 Å². The van der Waals surface area contributed by atoms with Crippen LogP contribution in [0.5, 0.6) is 0 Å². The van der Waals surface area contributed by atoms with Crippen molar-refractivity contribution in [3.05, 3.63) is 53.1 Å². The standard InChI is InChI=1S/C18H18N4O3S/c1-2-14-20-17(25-21-14)18(24)8-9-22(11-18)16(23)13-10-19-15(26-13)12-6-4-3-5-7-12/h3-7,10,24H,2,8-9,11H2,1H3/t18-/m1/s1. The summed E-state index contributed by atoms with van der Waals surface area (Å²) in [5.74, 6) is 0.586. The van der Waals surface area contributed by atoms with Gasteiger partial charge in [-0.15, -0.1) is 11.3 Å². The zero-order chi connectivity index (χ0) is 18.1. The van der Waals surface area contributed by atoms with Crippen LogP contribution >= 0.6 is 11.3 Å². The Labute approximate surface area is 154 Å². The lowest BCUT2D eigenvalue weighted by atomic mass is 10.0. The molecule has 26 heavy (non-hydrogen) atoms. The first kappa shape index (κ1) is 16.9. The van der Waals surface area contributed by atoms with E-state index < -0.39 is 5.60 Å². The lowest BCUT2D eigenvalue weighted by Gasteiger charge is -2.19. The molecular weight excluding hydrogens is 352 g/mol. The van der Waals surface area contributed by atoms with Crippen LogP contribution in [0.25, 0.3) is 10.6 Å². The van der Waals surface area contributed by atoms with Crippen LogP contribution < -0.4 is 0 Å². The number of aliphatic hydroxyl groups is 1. The van der Waals surface area contributed by atoms with E-state index in [0.29, 0.717) is 30.1 Å². The van der Waals surface area contributed by atoms with Crippen LogP contribution in [0.1, 0.15) is 34.7 Å². The highest BCUT2D eigenvalue weighted by Crippen LogP contribution is 2.33. The zero-order valence-corrected chi connectivity index (χ0v) is 15.1. The number of hydrogen-bond acceptors (Lipinski definition) is 7. The molecule has 1 saturated heterocycles. The van der Waals surface area contributed by atoms with Crippen molar-refractivity contribution in [2.24, 2.45) is 0 Å². The van der Waals surface area contributed by atoms with E-state index >= 15 is 0 Å². The van der Waals surface area contributed by atoms with Crippen LogP contribution in [0.2, 0.25) is 0 Å². The fraction of sp³-hybridized carbons (Fsp3) is 0.333. The van der Waals surface area contributed by atoms with Gasteiger partial charge in [0.1, 0.15) is 9.88 Å². The first-order chi connectivity index (χ1) is 12.6. The van der Waals surface area contributed by atoms with Gasteiger partial charge in [-0.05, 0) is 0 Å². The van der Waals surface area contributed by atoms with E-state index in [1.165, 1.54) is 11.3 Å². The van der Waals surface area contributed by atoms with Crippen molar-refractivity contribution in [2.45, 2.75) is 25.4 Å². The molecule has 3 heterocycles. The maximum absolute atomic E-state index is 12.8. The summed E-state index contributed by atoms with van der Waals surface area (Å²) < 4.78 is 5.18. The molecule has 0 radical (unpaired) electrons. The number of hydrogen-bond donors (Lipinski definition) is 1. The number of aryl methyl sites for hydroxylation is 1. The van der Waals surface area contributed by atoms with Gasteiger partial charge in [0, 0.05) is 24.9 Å². The Morgan fingerprint density at radius 3 is 2.92 bits per heavy atom. The van der Waals surface area contributed by atoms with E-state index in [4.69, 9.17) is 4.52 Å². The lowest BCUT2D eigenvalue weighted by Crippen LogP contribution is -2.34. The Kier molecular flexibility index (Phi) is 4.29. The summed E-state index contributed by atoms with van der Waals surface area (Å²) >= 11 is 1.35.